The second-order valence-corrected chi connectivity index (χ2v) is 6.42. The third kappa shape index (κ3) is 2.88. The molecule has 2 rings (SSSR count). The predicted molar refractivity (Wildman–Crippen MR) is 67.8 cm³/mol. The standard InChI is InChI=1S/C12H15NO4S/c1-13-6-11(14)10-4-2-3-5-12(10)17-9-7-18(15,16)8-9/h2-5,9,13H,6-8H2,1H3. The molecule has 1 aliphatic heterocycles. The molecule has 1 N–H and O–H groups in total. The lowest BCUT2D eigenvalue weighted by Crippen LogP contribution is -2.45. The number of rotatable bonds is 5. The molecule has 1 aromatic carbocycles. The smallest absolute Gasteiger partial charge is 0.180 e. The van der Waals surface area contributed by atoms with Crippen molar-refractivity contribution in [2.24, 2.45) is 0 Å². The molecule has 0 aliphatic carbocycles. The molecule has 0 spiro atoms. The van der Waals surface area contributed by atoms with E-state index in [1.807, 2.05) is 0 Å². The number of ether oxygens (including phenoxy) is 1. The van der Waals surface area contributed by atoms with Crippen LogP contribution in [0.15, 0.2) is 24.3 Å². The van der Waals surface area contributed by atoms with E-state index < -0.39 is 9.84 Å². The summed E-state index contributed by atoms with van der Waals surface area (Å²) < 4.78 is 27.7. The number of ketones is 1. The van der Waals surface area contributed by atoms with Gasteiger partial charge in [-0.3, -0.25) is 4.79 Å². The molecule has 0 saturated carbocycles. The van der Waals surface area contributed by atoms with E-state index in [4.69, 9.17) is 4.74 Å². The van der Waals surface area contributed by atoms with E-state index in [-0.39, 0.29) is 29.9 Å². The quantitative estimate of drug-likeness (QED) is 0.777. The summed E-state index contributed by atoms with van der Waals surface area (Å²) in [6.45, 7) is 0.226. The molecule has 1 aromatic rings. The zero-order valence-corrected chi connectivity index (χ0v) is 10.9. The van der Waals surface area contributed by atoms with Crippen LogP contribution in [0.5, 0.6) is 5.75 Å². The Morgan fingerprint density at radius 3 is 2.67 bits per heavy atom. The lowest BCUT2D eigenvalue weighted by Gasteiger charge is -2.27. The fraction of sp³-hybridized carbons (Fsp3) is 0.417. The van der Waals surface area contributed by atoms with Crippen molar-refractivity contribution < 1.29 is 17.9 Å². The van der Waals surface area contributed by atoms with E-state index >= 15 is 0 Å². The molecule has 98 valence electrons. The third-order valence-electron chi connectivity index (χ3n) is 2.70. The molecular weight excluding hydrogens is 254 g/mol. The number of hydrogen-bond donors (Lipinski definition) is 1. The van der Waals surface area contributed by atoms with E-state index in [9.17, 15) is 13.2 Å². The van der Waals surface area contributed by atoms with Gasteiger partial charge in [0.2, 0.25) is 0 Å². The average Bonchev–Trinajstić information content (AvgIpc) is 2.27. The number of carbonyl (C=O) groups excluding carboxylic acids is 1. The van der Waals surface area contributed by atoms with Crippen LogP contribution in [0, 0.1) is 0 Å². The first-order valence-electron chi connectivity index (χ1n) is 5.66. The molecule has 1 aliphatic rings. The van der Waals surface area contributed by atoms with Gasteiger partial charge in [-0.15, -0.1) is 0 Å². The number of benzene rings is 1. The Morgan fingerprint density at radius 2 is 2.06 bits per heavy atom. The molecule has 0 radical (unpaired) electrons. The maximum Gasteiger partial charge on any atom is 0.180 e. The second kappa shape index (κ2) is 5.07. The van der Waals surface area contributed by atoms with Gasteiger partial charge in [-0.25, -0.2) is 8.42 Å². The Hall–Kier alpha value is -1.40. The molecule has 1 heterocycles. The topological polar surface area (TPSA) is 72.5 Å². The summed E-state index contributed by atoms with van der Waals surface area (Å²) in [5.74, 6) is 0.441. The summed E-state index contributed by atoms with van der Waals surface area (Å²) in [6.07, 6.45) is -0.335. The van der Waals surface area contributed by atoms with E-state index in [0.29, 0.717) is 11.3 Å². The van der Waals surface area contributed by atoms with Crippen LogP contribution in [0.25, 0.3) is 0 Å². The van der Waals surface area contributed by atoms with Crippen LogP contribution in [-0.2, 0) is 9.84 Å². The summed E-state index contributed by atoms with van der Waals surface area (Å²) in [6, 6.07) is 6.89. The number of nitrogens with one attached hydrogen (secondary N) is 1. The summed E-state index contributed by atoms with van der Waals surface area (Å²) in [5, 5.41) is 2.79. The molecule has 1 saturated heterocycles. The molecule has 6 heteroatoms. The Morgan fingerprint density at radius 1 is 1.39 bits per heavy atom. The summed E-state index contributed by atoms with van der Waals surface area (Å²) in [4.78, 5) is 11.8. The molecule has 0 bridgehead atoms. The molecular formula is C12H15NO4S. The third-order valence-corrected chi connectivity index (χ3v) is 4.46. The number of sulfone groups is 1. The number of likely N-dealkylation sites (N-methyl/N-ethyl adjacent to an activating group) is 1. The molecule has 0 aromatic heterocycles. The highest BCUT2D eigenvalue weighted by Crippen LogP contribution is 2.23. The first kappa shape index (κ1) is 13.0. The van der Waals surface area contributed by atoms with Crippen molar-refractivity contribution in [1.82, 2.24) is 5.32 Å². The zero-order valence-electron chi connectivity index (χ0n) is 10.0. The van der Waals surface area contributed by atoms with Crippen LogP contribution in [0.3, 0.4) is 0 Å². The van der Waals surface area contributed by atoms with Gasteiger partial charge in [-0.05, 0) is 19.2 Å². The molecule has 0 amide bonds. The highest BCUT2D eigenvalue weighted by Gasteiger charge is 2.35. The fourth-order valence-electron chi connectivity index (χ4n) is 1.82. The second-order valence-electron chi connectivity index (χ2n) is 4.27. The monoisotopic (exact) mass is 269 g/mol. The number of Topliss-reactive ketones (excluding diaryl/α,β-unsaturated/α-hetero) is 1. The maximum absolute atomic E-state index is 11.8. The predicted octanol–water partition coefficient (Wildman–Crippen LogP) is 0.265. The number of para-hydroxylation sites is 1. The zero-order chi connectivity index (χ0) is 13.2. The first-order chi connectivity index (χ1) is 8.52. The Labute approximate surface area is 106 Å². The van der Waals surface area contributed by atoms with Crippen LogP contribution in [0.4, 0.5) is 0 Å². The SMILES string of the molecule is CNCC(=O)c1ccccc1OC1CS(=O)(=O)C1. The van der Waals surface area contributed by atoms with Gasteiger partial charge in [0, 0.05) is 0 Å². The molecule has 1 fully saturated rings. The largest absolute Gasteiger partial charge is 0.488 e. The van der Waals surface area contributed by atoms with Crippen molar-refractivity contribution in [3.05, 3.63) is 29.8 Å². The lowest BCUT2D eigenvalue weighted by atomic mass is 10.1. The summed E-state index contributed by atoms with van der Waals surface area (Å²) in [7, 11) is -1.22. The van der Waals surface area contributed by atoms with Crippen LogP contribution < -0.4 is 10.1 Å². The van der Waals surface area contributed by atoms with Gasteiger partial charge in [0.15, 0.2) is 15.6 Å². The van der Waals surface area contributed by atoms with Crippen molar-refractivity contribution in [1.29, 1.82) is 0 Å². The van der Waals surface area contributed by atoms with Crippen LogP contribution in [0.1, 0.15) is 10.4 Å². The van der Waals surface area contributed by atoms with Gasteiger partial charge in [0.05, 0.1) is 23.6 Å². The highest BCUT2D eigenvalue weighted by atomic mass is 32.2. The molecule has 0 atom stereocenters. The van der Waals surface area contributed by atoms with Crippen molar-refractivity contribution in [3.63, 3.8) is 0 Å². The van der Waals surface area contributed by atoms with Gasteiger partial charge >= 0.3 is 0 Å². The Kier molecular flexibility index (Phi) is 3.68. The highest BCUT2D eigenvalue weighted by molar-refractivity contribution is 7.92. The Bertz CT molecular complexity index is 541. The van der Waals surface area contributed by atoms with Crippen molar-refractivity contribution >= 4 is 15.6 Å². The van der Waals surface area contributed by atoms with Gasteiger partial charge in [0.1, 0.15) is 11.9 Å². The van der Waals surface area contributed by atoms with Crippen LogP contribution >= 0.6 is 0 Å². The Balaban J connectivity index is 2.11. The van der Waals surface area contributed by atoms with Gasteiger partial charge < -0.3 is 10.1 Å². The molecule has 0 unspecified atom stereocenters. The lowest BCUT2D eigenvalue weighted by molar-refractivity contribution is 0.0987. The van der Waals surface area contributed by atoms with Crippen molar-refractivity contribution in [3.8, 4) is 5.75 Å². The van der Waals surface area contributed by atoms with Gasteiger partial charge in [0.25, 0.3) is 0 Å². The molecule has 18 heavy (non-hydrogen) atoms. The molecule has 5 nitrogen and oxygen atoms in total. The fourth-order valence-corrected chi connectivity index (χ4v) is 2.99. The number of hydrogen-bond acceptors (Lipinski definition) is 5. The van der Waals surface area contributed by atoms with Gasteiger partial charge in [-0.2, -0.15) is 0 Å². The maximum atomic E-state index is 11.8. The average molecular weight is 269 g/mol. The van der Waals surface area contributed by atoms with Crippen molar-refractivity contribution in [2.75, 3.05) is 25.1 Å². The van der Waals surface area contributed by atoms with Crippen molar-refractivity contribution in [2.45, 2.75) is 6.10 Å². The van der Waals surface area contributed by atoms with E-state index in [1.165, 1.54) is 0 Å². The van der Waals surface area contributed by atoms with E-state index in [1.54, 1.807) is 31.3 Å². The first-order valence-corrected chi connectivity index (χ1v) is 7.48. The minimum atomic E-state index is -2.92. The van der Waals surface area contributed by atoms with Gasteiger partial charge in [-0.1, -0.05) is 12.1 Å². The normalized spacial score (nSPS) is 18.1. The van der Waals surface area contributed by atoms with E-state index in [0.717, 1.165) is 0 Å². The minimum Gasteiger partial charge on any atom is -0.488 e. The van der Waals surface area contributed by atoms with Crippen LogP contribution in [-0.4, -0.2) is 45.4 Å². The summed E-state index contributed by atoms with van der Waals surface area (Å²) >= 11 is 0. The minimum absolute atomic E-state index is 0.0293. The number of carbonyl (C=O) groups is 1. The van der Waals surface area contributed by atoms with E-state index in [2.05, 4.69) is 5.32 Å². The van der Waals surface area contributed by atoms with Crippen LogP contribution in [0.2, 0.25) is 0 Å². The summed E-state index contributed by atoms with van der Waals surface area (Å²) in [5.41, 5.74) is 0.483.